The molecule has 0 aliphatic carbocycles. The molecule has 1 N–H and O–H groups in total. The van der Waals surface area contributed by atoms with Crippen LogP contribution in [0.5, 0.6) is 11.5 Å². The third-order valence-corrected chi connectivity index (χ3v) is 4.70. The third-order valence-electron chi connectivity index (χ3n) is 4.70. The first-order valence-corrected chi connectivity index (χ1v) is 10.1. The molecular weight excluding hydrogens is 416 g/mol. The molecule has 0 saturated carbocycles. The highest BCUT2D eigenvalue weighted by Crippen LogP contribution is 2.30. The Morgan fingerprint density at radius 2 is 1.70 bits per heavy atom. The monoisotopic (exact) mass is 438 g/mol. The molecule has 1 amide bonds. The first kappa shape index (κ1) is 23.0. The highest BCUT2D eigenvalue weighted by atomic mass is 16.6. The Hall–Kier alpha value is -4.63. The fourth-order valence-electron chi connectivity index (χ4n) is 3.02. The van der Waals surface area contributed by atoms with Crippen molar-refractivity contribution in [3.8, 4) is 28.7 Å². The summed E-state index contributed by atoms with van der Waals surface area (Å²) < 4.78 is 10.9. The zero-order valence-electron chi connectivity index (χ0n) is 18.1. The summed E-state index contributed by atoms with van der Waals surface area (Å²) in [6, 6.07) is 23.6. The topological polar surface area (TPSA) is 88.4 Å². The fraction of sp³-hybridized carbons (Fsp3) is 0.0741. The average Bonchev–Trinajstić information content (AvgIpc) is 2.87. The Kier molecular flexibility index (Phi) is 7.76. The molecule has 0 heterocycles. The molecule has 0 aliphatic heterocycles. The summed E-state index contributed by atoms with van der Waals surface area (Å²) in [7, 11) is 1.44. The van der Waals surface area contributed by atoms with Crippen molar-refractivity contribution in [2.75, 3.05) is 13.7 Å². The van der Waals surface area contributed by atoms with Gasteiger partial charge >= 0.3 is 5.97 Å². The maximum Gasteiger partial charge on any atom is 0.343 e. The number of nitriles is 1. The number of hydrogen-bond acceptors (Lipinski definition) is 5. The van der Waals surface area contributed by atoms with Gasteiger partial charge in [-0.1, -0.05) is 54.6 Å². The van der Waals surface area contributed by atoms with Crippen molar-refractivity contribution in [2.24, 2.45) is 0 Å². The number of amides is 1. The van der Waals surface area contributed by atoms with Crippen LogP contribution in [-0.4, -0.2) is 25.5 Å². The molecule has 0 bridgehead atoms. The number of rotatable bonds is 8. The summed E-state index contributed by atoms with van der Waals surface area (Å²) in [5, 5.41) is 11.8. The van der Waals surface area contributed by atoms with Gasteiger partial charge in [0.2, 0.25) is 0 Å². The van der Waals surface area contributed by atoms with Crippen LogP contribution < -0.4 is 14.8 Å². The smallest absolute Gasteiger partial charge is 0.343 e. The summed E-state index contributed by atoms with van der Waals surface area (Å²) in [5.41, 5.74) is 2.92. The lowest BCUT2D eigenvalue weighted by atomic mass is 10.0. The van der Waals surface area contributed by atoms with Gasteiger partial charge in [0.05, 0.1) is 12.7 Å². The minimum atomic E-state index is -0.530. The van der Waals surface area contributed by atoms with E-state index in [-0.39, 0.29) is 17.9 Å². The molecule has 6 heteroatoms. The average molecular weight is 438 g/mol. The van der Waals surface area contributed by atoms with E-state index in [1.54, 1.807) is 30.3 Å². The summed E-state index contributed by atoms with van der Waals surface area (Å²) in [6.07, 6.45) is 2.95. The molecular formula is C27H22N2O4. The first-order chi connectivity index (χ1) is 16.0. The minimum absolute atomic E-state index is 0.0675. The molecule has 0 saturated heterocycles. The molecule has 3 aromatic rings. The number of carbonyl (C=O) groups excluding carboxylic acids is 2. The molecule has 0 atom stereocenters. The number of nitrogens with zero attached hydrogens (tertiary/aromatic N) is 1. The van der Waals surface area contributed by atoms with Crippen molar-refractivity contribution in [1.82, 2.24) is 5.32 Å². The van der Waals surface area contributed by atoms with Crippen LogP contribution in [0.2, 0.25) is 0 Å². The summed E-state index contributed by atoms with van der Waals surface area (Å²) in [5.74, 6) is -0.522. The van der Waals surface area contributed by atoms with Crippen molar-refractivity contribution in [3.63, 3.8) is 0 Å². The predicted molar refractivity (Wildman–Crippen MR) is 127 cm³/mol. The summed E-state index contributed by atoms with van der Waals surface area (Å²) in [6.45, 7) is 3.78. The molecule has 164 valence electrons. The van der Waals surface area contributed by atoms with Gasteiger partial charge in [0, 0.05) is 6.54 Å². The van der Waals surface area contributed by atoms with Crippen molar-refractivity contribution >= 4 is 18.0 Å². The number of nitrogens with one attached hydrogen (secondary N) is 1. The second kappa shape index (κ2) is 11.1. The highest BCUT2D eigenvalue weighted by Gasteiger charge is 2.14. The third kappa shape index (κ3) is 5.96. The lowest BCUT2D eigenvalue weighted by Gasteiger charge is -2.11. The molecule has 0 aliphatic rings. The lowest BCUT2D eigenvalue weighted by Crippen LogP contribution is -2.24. The maximum absolute atomic E-state index is 12.6. The van der Waals surface area contributed by atoms with Crippen molar-refractivity contribution < 1.29 is 19.1 Å². The normalized spacial score (nSPS) is 10.6. The van der Waals surface area contributed by atoms with Crippen LogP contribution in [0.3, 0.4) is 0 Å². The quantitative estimate of drug-likeness (QED) is 0.180. The van der Waals surface area contributed by atoms with Gasteiger partial charge in [-0.3, -0.25) is 4.79 Å². The lowest BCUT2D eigenvalue weighted by molar-refractivity contribution is -0.116. The molecule has 0 aromatic heterocycles. The van der Waals surface area contributed by atoms with E-state index < -0.39 is 11.9 Å². The van der Waals surface area contributed by atoms with E-state index in [0.29, 0.717) is 16.9 Å². The van der Waals surface area contributed by atoms with E-state index in [1.165, 1.54) is 19.3 Å². The van der Waals surface area contributed by atoms with Gasteiger partial charge in [0.1, 0.15) is 11.6 Å². The zero-order valence-corrected chi connectivity index (χ0v) is 18.1. The van der Waals surface area contributed by atoms with Crippen LogP contribution in [0.15, 0.2) is 91.0 Å². The zero-order chi connectivity index (χ0) is 23.6. The summed E-state index contributed by atoms with van der Waals surface area (Å²) >= 11 is 0. The maximum atomic E-state index is 12.6. The number of benzene rings is 3. The van der Waals surface area contributed by atoms with Gasteiger partial charge in [-0.25, -0.2) is 4.79 Å². The Labute approximate surface area is 192 Å². The second-order valence-corrected chi connectivity index (χ2v) is 6.91. The Morgan fingerprint density at radius 1 is 1.00 bits per heavy atom. The molecule has 0 spiro atoms. The van der Waals surface area contributed by atoms with Gasteiger partial charge in [0.25, 0.3) is 5.91 Å². The molecule has 3 rings (SSSR count). The van der Waals surface area contributed by atoms with E-state index in [4.69, 9.17) is 9.47 Å². The number of hydrogen-bond donors (Lipinski definition) is 1. The number of methoxy groups -OCH3 is 1. The SMILES string of the molecule is C=CCNC(=O)/C(C#N)=C/c1ccc(OC(=O)c2ccc(-c3ccccc3)cc2)c(OC)c1. The molecule has 0 unspecified atom stereocenters. The molecule has 3 aromatic carbocycles. The number of carbonyl (C=O) groups is 2. The van der Waals surface area contributed by atoms with Gasteiger partial charge in [-0.2, -0.15) is 5.26 Å². The Morgan fingerprint density at radius 3 is 2.33 bits per heavy atom. The molecule has 0 fully saturated rings. The van der Waals surface area contributed by atoms with Crippen LogP contribution >= 0.6 is 0 Å². The standard InChI is InChI=1S/C27H22N2O4/c1-3-15-29-26(30)23(18-28)16-19-9-14-24(25(17-19)32-2)33-27(31)22-12-10-21(11-13-22)20-7-5-4-6-8-20/h3-14,16-17H,1,15H2,2H3,(H,29,30)/b23-16+. The van der Waals surface area contributed by atoms with Crippen molar-refractivity contribution in [3.05, 3.63) is 102 Å². The van der Waals surface area contributed by atoms with Gasteiger partial charge < -0.3 is 14.8 Å². The van der Waals surface area contributed by atoms with E-state index in [0.717, 1.165) is 11.1 Å². The van der Waals surface area contributed by atoms with Crippen LogP contribution in [0, 0.1) is 11.3 Å². The van der Waals surface area contributed by atoms with Crippen LogP contribution in [-0.2, 0) is 4.79 Å². The molecule has 33 heavy (non-hydrogen) atoms. The highest BCUT2D eigenvalue weighted by molar-refractivity contribution is 6.01. The van der Waals surface area contributed by atoms with E-state index in [1.807, 2.05) is 48.5 Å². The van der Waals surface area contributed by atoms with Crippen LogP contribution in [0.1, 0.15) is 15.9 Å². The molecule has 6 nitrogen and oxygen atoms in total. The van der Waals surface area contributed by atoms with Gasteiger partial charge in [-0.15, -0.1) is 6.58 Å². The van der Waals surface area contributed by atoms with E-state index in [9.17, 15) is 14.9 Å². The molecule has 0 radical (unpaired) electrons. The van der Waals surface area contributed by atoms with Crippen molar-refractivity contribution in [2.45, 2.75) is 0 Å². The Bertz CT molecular complexity index is 1220. The summed E-state index contributed by atoms with van der Waals surface area (Å²) in [4.78, 5) is 24.7. The van der Waals surface area contributed by atoms with Crippen LogP contribution in [0.25, 0.3) is 17.2 Å². The first-order valence-electron chi connectivity index (χ1n) is 10.1. The largest absolute Gasteiger partial charge is 0.493 e. The minimum Gasteiger partial charge on any atom is -0.493 e. The Balaban J connectivity index is 1.76. The fourth-order valence-corrected chi connectivity index (χ4v) is 3.02. The van der Waals surface area contributed by atoms with E-state index in [2.05, 4.69) is 11.9 Å². The van der Waals surface area contributed by atoms with E-state index >= 15 is 0 Å². The van der Waals surface area contributed by atoms with Crippen molar-refractivity contribution in [1.29, 1.82) is 5.26 Å². The number of ether oxygens (including phenoxy) is 2. The number of esters is 1. The van der Waals surface area contributed by atoms with Crippen LogP contribution in [0.4, 0.5) is 0 Å². The second-order valence-electron chi connectivity index (χ2n) is 6.91. The van der Waals surface area contributed by atoms with Gasteiger partial charge in [-0.05, 0) is 47.0 Å². The predicted octanol–water partition coefficient (Wildman–Crippen LogP) is 4.79. The van der Waals surface area contributed by atoms with Gasteiger partial charge in [0.15, 0.2) is 11.5 Å².